The summed E-state index contributed by atoms with van der Waals surface area (Å²) >= 11 is 5.68. The van der Waals surface area contributed by atoms with E-state index in [2.05, 4.69) is 11.8 Å². The summed E-state index contributed by atoms with van der Waals surface area (Å²) in [6, 6.07) is 12.1. The van der Waals surface area contributed by atoms with E-state index >= 15 is 0 Å². The molecule has 0 aromatic heterocycles. The molecule has 0 heterocycles. The molecule has 0 saturated heterocycles. The molecule has 0 aliphatic rings. The van der Waals surface area contributed by atoms with Crippen LogP contribution in [-0.2, 0) is 11.3 Å². The molecule has 0 N–H and O–H groups in total. The maximum atomic E-state index is 13.5. The SMILES string of the molecule is COCc1ccc(C#Cc2ccc(Cl)cc2F)cc1. The Morgan fingerprint density at radius 2 is 1.84 bits per heavy atom. The van der Waals surface area contributed by atoms with Gasteiger partial charge in [-0.1, -0.05) is 35.6 Å². The summed E-state index contributed by atoms with van der Waals surface area (Å²) in [6.45, 7) is 0.569. The van der Waals surface area contributed by atoms with Gasteiger partial charge in [0.25, 0.3) is 0 Å². The average Bonchev–Trinajstić information content (AvgIpc) is 2.40. The van der Waals surface area contributed by atoms with E-state index in [-0.39, 0.29) is 0 Å². The van der Waals surface area contributed by atoms with Crippen LogP contribution in [0.25, 0.3) is 0 Å². The molecule has 0 atom stereocenters. The van der Waals surface area contributed by atoms with Gasteiger partial charge in [-0.2, -0.15) is 0 Å². The molecule has 3 heteroatoms. The van der Waals surface area contributed by atoms with Crippen LogP contribution in [0, 0.1) is 17.7 Å². The van der Waals surface area contributed by atoms with Gasteiger partial charge in [0.05, 0.1) is 12.2 Å². The Bertz CT molecular complexity index is 623. The fourth-order valence-corrected chi connectivity index (χ4v) is 1.74. The lowest BCUT2D eigenvalue weighted by Gasteiger charge is -1.98. The molecule has 0 radical (unpaired) electrons. The van der Waals surface area contributed by atoms with E-state index in [1.165, 1.54) is 6.07 Å². The van der Waals surface area contributed by atoms with Gasteiger partial charge < -0.3 is 4.74 Å². The van der Waals surface area contributed by atoms with Gasteiger partial charge in [-0.3, -0.25) is 0 Å². The molecule has 2 rings (SSSR count). The number of halogens is 2. The first-order valence-electron chi connectivity index (χ1n) is 5.74. The highest BCUT2D eigenvalue weighted by Gasteiger charge is 1.99. The van der Waals surface area contributed by atoms with Crippen molar-refractivity contribution < 1.29 is 9.13 Å². The van der Waals surface area contributed by atoms with Gasteiger partial charge in [0.2, 0.25) is 0 Å². The first-order chi connectivity index (χ1) is 9.19. The Labute approximate surface area is 117 Å². The quantitative estimate of drug-likeness (QED) is 0.752. The fourth-order valence-electron chi connectivity index (χ4n) is 1.58. The second kappa shape index (κ2) is 6.38. The molecule has 2 aromatic rings. The Kier molecular flexibility index (Phi) is 4.57. The largest absolute Gasteiger partial charge is 0.380 e. The van der Waals surface area contributed by atoms with Gasteiger partial charge in [0.15, 0.2) is 0 Å². The van der Waals surface area contributed by atoms with Crippen molar-refractivity contribution in [3.05, 3.63) is 70.0 Å². The lowest BCUT2D eigenvalue weighted by molar-refractivity contribution is 0.185. The standard InChI is InChI=1S/C16H12ClFO/c1-19-11-13-4-2-12(3-5-13)6-7-14-8-9-15(17)10-16(14)18/h2-5,8-10H,11H2,1H3. The number of rotatable bonds is 2. The highest BCUT2D eigenvalue weighted by molar-refractivity contribution is 6.30. The molecule has 1 nitrogen and oxygen atoms in total. The smallest absolute Gasteiger partial charge is 0.140 e. The van der Waals surface area contributed by atoms with Crippen molar-refractivity contribution in [2.45, 2.75) is 6.61 Å². The van der Waals surface area contributed by atoms with E-state index in [0.717, 1.165) is 11.1 Å². The van der Waals surface area contributed by atoms with Crippen molar-refractivity contribution >= 4 is 11.6 Å². The van der Waals surface area contributed by atoms with Crippen molar-refractivity contribution in [2.24, 2.45) is 0 Å². The summed E-state index contributed by atoms with van der Waals surface area (Å²) < 4.78 is 18.5. The Morgan fingerprint density at radius 1 is 1.11 bits per heavy atom. The highest BCUT2D eigenvalue weighted by Crippen LogP contribution is 2.13. The minimum Gasteiger partial charge on any atom is -0.380 e. The van der Waals surface area contributed by atoms with Crippen molar-refractivity contribution in [3.8, 4) is 11.8 Å². The van der Waals surface area contributed by atoms with Crippen LogP contribution in [0.1, 0.15) is 16.7 Å². The maximum absolute atomic E-state index is 13.5. The third-order valence-corrected chi connectivity index (χ3v) is 2.77. The fraction of sp³-hybridized carbons (Fsp3) is 0.125. The summed E-state index contributed by atoms with van der Waals surface area (Å²) in [5.74, 6) is 5.30. The van der Waals surface area contributed by atoms with Gasteiger partial charge in [-0.25, -0.2) is 4.39 Å². The van der Waals surface area contributed by atoms with Crippen LogP contribution >= 0.6 is 11.6 Å². The second-order valence-electron chi connectivity index (χ2n) is 4.00. The molecule has 0 amide bonds. The average molecular weight is 275 g/mol. The summed E-state index contributed by atoms with van der Waals surface area (Å²) in [7, 11) is 1.65. The van der Waals surface area contributed by atoms with Crippen LogP contribution in [0.3, 0.4) is 0 Å². The lowest BCUT2D eigenvalue weighted by Crippen LogP contribution is -1.87. The van der Waals surface area contributed by atoms with Gasteiger partial charge >= 0.3 is 0 Å². The molecule has 0 spiro atoms. The van der Waals surface area contributed by atoms with E-state index in [1.54, 1.807) is 19.2 Å². The molecule has 0 aliphatic heterocycles. The van der Waals surface area contributed by atoms with Crippen LogP contribution in [0.15, 0.2) is 42.5 Å². The summed E-state index contributed by atoms with van der Waals surface area (Å²) in [5.41, 5.74) is 2.24. The molecule has 0 bridgehead atoms. The molecule has 96 valence electrons. The van der Waals surface area contributed by atoms with E-state index in [0.29, 0.717) is 17.2 Å². The number of hydrogen-bond donors (Lipinski definition) is 0. The molecular formula is C16H12ClFO. The molecule has 0 aliphatic carbocycles. The van der Waals surface area contributed by atoms with Gasteiger partial charge in [-0.05, 0) is 35.9 Å². The lowest BCUT2D eigenvalue weighted by atomic mass is 10.1. The summed E-state index contributed by atoms with van der Waals surface area (Å²) in [5, 5.41) is 0.368. The minimum absolute atomic E-state index is 0.338. The van der Waals surface area contributed by atoms with Crippen molar-refractivity contribution in [3.63, 3.8) is 0 Å². The normalized spacial score (nSPS) is 9.84. The van der Waals surface area contributed by atoms with E-state index in [4.69, 9.17) is 16.3 Å². The zero-order valence-corrected chi connectivity index (χ0v) is 11.2. The van der Waals surface area contributed by atoms with E-state index in [9.17, 15) is 4.39 Å². The van der Waals surface area contributed by atoms with Gasteiger partial charge in [0, 0.05) is 17.7 Å². The molecule has 0 unspecified atom stereocenters. The third-order valence-electron chi connectivity index (χ3n) is 2.54. The zero-order chi connectivity index (χ0) is 13.7. The number of benzene rings is 2. The summed E-state index contributed by atoms with van der Waals surface area (Å²) in [6.07, 6.45) is 0. The second-order valence-corrected chi connectivity index (χ2v) is 4.44. The van der Waals surface area contributed by atoms with Crippen LogP contribution in [0.4, 0.5) is 4.39 Å². The van der Waals surface area contributed by atoms with Gasteiger partial charge in [-0.15, -0.1) is 0 Å². The summed E-state index contributed by atoms with van der Waals surface area (Å²) in [4.78, 5) is 0. The number of ether oxygens (including phenoxy) is 1. The zero-order valence-electron chi connectivity index (χ0n) is 10.4. The van der Waals surface area contributed by atoms with Crippen molar-refractivity contribution in [1.82, 2.24) is 0 Å². The predicted octanol–water partition coefficient (Wildman–Crippen LogP) is 4.03. The number of hydrogen-bond acceptors (Lipinski definition) is 1. The van der Waals surface area contributed by atoms with Crippen LogP contribution in [0.5, 0.6) is 0 Å². The third kappa shape index (κ3) is 3.82. The molecule has 2 aromatic carbocycles. The molecule has 0 fully saturated rings. The Balaban J connectivity index is 2.19. The van der Waals surface area contributed by atoms with Crippen molar-refractivity contribution in [2.75, 3.05) is 7.11 Å². The first-order valence-corrected chi connectivity index (χ1v) is 6.12. The van der Waals surface area contributed by atoms with E-state index in [1.807, 2.05) is 24.3 Å². The topological polar surface area (TPSA) is 9.23 Å². The highest BCUT2D eigenvalue weighted by atomic mass is 35.5. The molecule has 19 heavy (non-hydrogen) atoms. The molecule has 0 saturated carbocycles. The van der Waals surface area contributed by atoms with Gasteiger partial charge in [0.1, 0.15) is 5.82 Å². The minimum atomic E-state index is -0.406. The monoisotopic (exact) mass is 274 g/mol. The van der Waals surface area contributed by atoms with Crippen LogP contribution in [-0.4, -0.2) is 7.11 Å². The predicted molar refractivity (Wildman–Crippen MR) is 74.5 cm³/mol. The first kappa shape index (κ1) is 13.6. The van der Waals surface area contributed by atoms with Crippen LogP contribution < -0.4 is 0 Å². The molecular weight excluding hydrogens is 263 g/mol. The maximum Gasteiger partial charge on any atom is 0.140 e. The Morgan fingerprint density at radius 3 is 2.47 bits per heavy atom. The van der Waals surface area contributed by atoms with Crippen molar-refractivity contribution in [1.29, 1.82) is 0 Å². The Hall–Kier alpha value is -1.82. The van der Waals surface area contributed by atoms with E-state index < -0.39 is 5.82 Å². The van der Waals surface area contributed by atoms with Crippen LogP contribution in [0.2, 0.25) is 5.02 Å². The number of methoxy groups -OCH3 is 1.